The molecule has 16 heavy (non-hydrogen) atoms. The summed E-state index contributed by atoms with van der Waals surface area (Å²) < 4.78 is 22.6. The molecule has 1 rings (SSSR count). The van der Waals surface area contributed by atoms with Gasteiger partial charge in [0.25, 0.3) is 0 Å². The van der Waals surface area contributed by atoms with Gasteiger partial charge in [0.1, 0.15) is 0 Å². The molecule has 4 nitrogen and oxygen atoms in total. The lowest BCUT2D eigenvalue weighted by Gasteiger charge is -2.23. The standard InChI is InChI=1S/C11H18N2O2S/c1-13(2)11(8-12)9-4-6-10(7-5-9)16(3,14)15/h4-7,11H,8,12H2,1-3H3. The van der Waals surface area contributed by atoms with E-state index < -0.39 is 9.84 Å². The second kappa shape index (κ2) is 4.95. The maximum Gasteiger partial charge on any atom is 0.175 e. The van der Waals surface area contributed by atoms with E-state index in [9.17, 15) is 8.42 Å². The van der Waals surface area contributed by atoms with Crippen LogP contribution in [0.5, 0.6) is 0 Å². The molecule has 0 aromatic heterocycles. The summed E-state index contributed by atoms with van der Waals surface area (Å²) in [7, 11) is 0.776. The van der Waals surface area contributed by atoms with E-state index in [1.165, 1.54) is 6.26 Å². The third-order valence-corrected chi connectivity index (χ3v) is 3.67. The van der Waals surface area contributed by atoms with Crippen LogP contribution in [0.15, 0.2) is 29.2 Å². The summed E-state index contributed by atoms with van der Waals surface area (Å²) in [5.41, 5.74) is 6.70. The molecular weight excluding hydrogens is 224 g/mol. The summed E-state index contributed by atoms with van der Waals surface area (Å²) in [6.45, 7) is 0.505. The van der Waals surface area contributed by atoms with Crippen molar-refractivity contribution in [2.24, 2.45) is 5.73 Å². The van der Waals surface area contributed by atoms with Crippen molar-refractivity contribution >= 4 is 9.84 Å². The number of rotatable bonds is 4. The Kier molecular flexibility index (Phi) is 4.07. The van der Waals surface area contributed by atoms with Gasteiger partial charge in [-0.25, -0.2) is 8.42 Å². The zero-order chi connectivity index (χ0) is 12.3. The van der Waals surface area contributed by atoms with Gasteiger partial charge in [0.15, 0.2) is 9.84 Å². The summed E-state index contributed by atoms with van der Waals surface area (Å²) in [5, 5.41) is 0. The fraction of sp³-hybridized carbons (Fsp3) is 0.455. The highest BCUT2D eigenvalue weighted by atomic mass is 32.2. The molecule has 90 valence electrons. The quantitative estimate of drug-likeness (QED) is 0.842. The molecule has 1 aromatic rings. The highest BCUT2D eigenvalue weighted by Gasteiger charge is 2.13. The normalized spacial score (nSPS) is 14.1. The van der Waals surface area contributed by atoms with Gasteiger partial charge in [0.05, 0.1) is 4.90 Å². The van der Waals surface area contributed by atoms with Gasteiger partial charge in [-0.2, -0.15) is 0 Å². The van der Waals surface area contributed by atoms with Crippen LogP contribution in [0.2, 0.25) is 0 Å². The van der Waals surface area contributed by atoms with E-state index in [0.29, 0.717) is 11.4 Å². The third-order valence-electron chi connectivity index (χ3n) is 2.54. The van der Waals surface area contributed by atoms with E-state index in [-0.39, 0.29) is 6.04 Å². The monoisotopic (exact) mass is 242 g/mol. The summed E-state index contributed by atoms with van der Waals surface area (Å²) in [5.74, 6) is 0. The maximum absolute atomic E-state index is 11.3. The minimum atomic E-state index is -3.12. The maximum atomic E-state index is 11.3. The smallest absolute Gasteiger partial charge is 0.175 e. The molecule has 0 aliphatic rings. The number of hydrogen-bond donors (Lipinski definition) is 1. The molecule has 1 aromatic carbocycles. The van der Waals surface area contributed by atoms with Gasteiger partial charge in [0.2, 0.25) is 0 Å². The highest BCUT2D eigenvalue weighted by Crippen LogP contribution is 2.19. The summed E-state index contributed by atoms with van der Waals surface area (Å²) >= 11 is 0. The van der Waals surface area contributed by atoms with Crippen LogP contribution in [0.25, 0.3) is 0 Å². The van der Waals surface area contributed by atoms with E-state index in [4.69, 9.17) is 5.73 Å². The number of nitrogens with two attached hydrogens (primary N) is 1. The fourth-order valence-electron chi connectivity index (χ4n) is 1.58. The Morgan fingerprint density at radius 2 is 1.75 bits per heavy atom. The Balaban J connectivity index is 3.03. The Morgan fingerprint density at radius 1 is 1.25 bits per heavy atom. The van der Waals surface area contributed by atoms with E-state index >= 15 is 0 Å². The van der Waals surface area contributed by atoms with Crippen molar-refractivity contribution in [3.05, 3.63) is 29.8 Å². The van der Waals surface area contributed by atoms with Crippen LogP contribution in [-0.4, -0.2) is 40.2 Å². The molecule has 0 saturated carbocycles. The van der Waals surface area contributed by atoms with E-state index in [1.54, 1.807) is 12.1 Å². The number of hydrogen-bond acceptors (Lipinski definition) is 4. The first-order valence-electron chi connectivity index (χ1n) is 5.02. The fourth-order valence-corrected chi connectivity index (χ4v) is 2.21. The van der Waals surface area contributed by atoms with Crippen molar-refractivity contribution in [1.29, 1.82) is 0 Å². The largest absolute Gasteiger partial charge is 0.329 e. The molecule has 1 unspecified atom stereocenters. The molecule has 0 radical (unpaired) electrons. The molecule has 0 saturated heterocycles. The van der Waals surface area contributed by atoms with Gasteiger partial charge < -0.3 is 10.6 Å². The lowest BCUT2D eigenvalue weighted by molar-refractivity contribution is 0.306. The first-order valence-corrected chi connectivity index (χ1v) is 6.92. The second-order valence-electron chi connectivity index (χ2n) is 4.06. The van der Waals surface area contributed by atoms with Gasteiger partial charge >= 0.3 is 0 Å². The first-order chi connectivity index (χ1) is 7.36. The predicted octanol–water partition coefficient (Wildman–Crippen LogP) is 0.652. The zero-order valence-corrected chi connectivity index (χ0v) is 10.7. The van der Waals surface area contributed by atoms with Crippen molar-refractivity contribution in [3.63, 3.8) is 0 Å². The molecular formula is C11H18N2O2S. The van der Waals surface area contributed by atoms with Gasteiger partial charge in [-0.3, -0.25) is 0 Å². The van der Waals surface area contributed by atoms with Crippen LogP contribution < -0.4 is 5.73 Å². The van der Waals surface area contributed by atoms with Gasteiger partial charge in [-0.05, 0) is 31.8 Å². The Labute approximate surface area is 97.0 Å². The molecule has 1 atom stereocenters. The second-order valence-corrected chi connectivity index (χ2v) is 6.07. The Hall–Kier alpha value is -0.910. The average Bonchev–Trinajstić information content (AvgIpc) is 2.17. The van der Waals surface area contributed by atoms with E-state index in [2.05, 4.69) is 0 Å². The van der Waals surface area contributed by atoms with Crippen LogP contribution in [0, 0.1) is 0 Å². The number of likely N-dealkylation sites (N-methyl/N-ethyl adjacent to an activating group) is 1. The molecule has 0 bridgehead atoms. The van der Waals surface area contributed by atoms with Crippen molar-refractivity contribution in [2.45, 2.75) is 10.9 Å². The lowest BCUT2D eigenvalue weighted by atomic mass is 10.1. The Bertz CT molecular complexity index is 438. The molecule has 0 aliphatic carbocycles. The van der Waals surface area contributed by atoms with E-state index in [1.807, 2.05) is 31.1 Å². The van der Waals surface area contributed by atoms with Crippen LogP contribution in [0.3, 0.4) is 0 Å². The topological polar surface area (TPSA) is 63.4 Å². The average molecular weight is 242 g/mol. The molecule has 0 spiro atoms. The summed E-state index contributed by atoms with van der Waals surface area (Å²) in [6, 6.07) is 6.99. The highest BCUT2D eigenvalue weighted by molar-refractivity contribution is 7.90. The lowest BCUT2D eigenvalue weighted by Crippen LogP contribution is -2.27. The third kappa shape index (κ3) is 3.04. The van der Waals surface area contributed by atoms with Crippen LogP contribution >= 0.6 is 0 Å². The van der Waals surface area contributed by atoms with Crippen LogP contribution in [-0.2, 0) is 9.84 Å². The minimum absolute atomic E-state index is 0.119. The van der Waals surface area contributed by atoms with E-state index in [0.717, 1.165) is 5.56 Å². The summed E-state index contributed by atoms with van der Waals surface area (Å²) in [6.07, 6.45) is 1.20. The molecule has 0 amide bonds. The molecule has 0 heterocycles. The molecule has 2 N–H and O–H groups in total. The molecule has 5 heteroatoms. The van der Waals surface area contributed by atoms with Gasteiger partial charge in [-0.15, -0.1) is 0 Å². The van der Waals surface area contributed by atoms with Crippen molar-refractivity contribution in [3.8, 4) is 0 Å². The SMILES string of the molecule is CN(C)C(CN)c1ccc(S(C)(=O)=O)cc1. The van der Waals surface area contributed by atoms with Crippen molar-refractivity contribution < 1.29 is 8.42 Å². The number of benzene rings is 1. The minimum Gasteiger partial charge on any atom is -0.329 e. The van der Waals surface area contributed by atoms with Crippen molar-refractivity contribution in [2.75, 3.05) is 26.9 Å². The zero-order valence-electron chi connectivity index (χ0n) is 9.84. The Morgan fingerprint density at radius 3 is 2.06 bits per heavy atom. The number of sulfone groups is 1. The molecule has 0 fully saturated rings. The van der Waals surface area contributed by atoms with Gasteiger partial charge in [0, 0.05) is 18.8 Å². The first kappa shape index (κ1) is 13.2. The van der Waals surface area contributed by atoms with Gasteiger partial charge in [-0.1, -0.05) is 12.1 Å². The van der Waals surface area contributed by atoms with Crippen LogP contribution in [0.4, 0.5) is 0 Å². The summed E-state index contributed by atoms with van der Waals surface area (Å²) in [4.78, 5) is 2.35. The number of nitrogens with zero attached hydrogens (tertiary/aromatic N) is 1. The molecule has 0 aliphatic heterocycles. The van der Waals surface area contributed by atoms with Crippen molar-refractivity contribution in [1.82, 2.24) is 4.90 Å². The predicted molar refractivity (Wildman–Crippen MR) is 65.0 cm³/mol. The van der Waals surface area contributed by atoms with Crippen LogP contribution in [0.1, 0.15) is 11.6 Å².